The van der Waals surface area contributed by atoms with Crippen molar-refractivity contribution in [3.05, 3.63) is 70.7 Å². The van der Waals surface area contributed by atoms with Gasteiger partial charge in [0.2, 0.25) is 0 Å². The Hall–Kier alpha value is -1.52. The minimum absolute atomic E-state index is 0.0421. The molecule has 0 unspecified atom stereocenters. The van der Waals surface area contributed by atoms with Crippen LogP contribution in [-0.4, -0.2) is 18.3 Å². The molecule has 0 saturated carbocycles. The van der Waals surface area contributed by atoms with Gasteiger partial charge in [-0.2, -0.15) is 4.57 Å². The molecule has 102 valence electrons. The fourth-order valence-corrected chi connectivity index (χ4v) is 3.32. The summed E-state index contributed by atoms with van der Waals surface area (Å²) in [4.78, 5) is 12.8. The van der Waals surface area contributed by atoms with Crippen LogP contribution in [0.25, 0.3) is 5.70 Å². The highest BCUT2D eigenvalue weighted by Crippen LogP contribution is 2.29. The number of benzene rings is 1. The Bertz CT molecular complexity index is 603. The molecule has 0 amide bonds. The van der Waals surface area contributed by atoms with Gasteiger partial charge >= 0.3 is 0 Å². The van der Waals surface area contributed by atoms with E-state index in [0.29, 0.717) is 11.3 Å². The van der Waals surface area contributed by atoms with Crippen LogP contribution < -0.4 is 4.57 Å². The highest BCUT2D eigenvalue weighted by molar-refractivity contribution is 8.21. The third-order valence-corrected chi connectivity index (χ3v) is 4.92. The molecule has 2 nitrogen and oxygen atoms in total. The molecule has 0 spiro atoms. The number of thioether (sulfide) groups is 2. The molecule has 0 aliphatic heterocycles. The average Bonchev–Trinajstić information content (AvgIpc) is 2.53. The highest BCUT2D eigenvalue weighted by atomic mass is 32.2. The summed E-state index contributed by atoms with van der Waals surface area (Å²) in [7, 11) is 0. The maximum Gasteiger partial charge on any atom is 0.279 e. The molecule has 1 aromatic heterocycles. The van der Waals surface area contributed by atoms with Gasteiger partial charge < -0.3 is 0 Å². The van der Waals surface area contributed by atoms with Crippen LogP contribution in [0.5, 0.6) is 0 Å². The summed E-state index contributed by atoms with van der Waals surface area (Å²) < 4.78 is 2.90. The number of pyridine rings is 1. The van der Waals surface area contributed by atoms with E-state index in [1.54, 1.807) is 23.5 Å². The van der Waals surface area contributed by atoms with Gasteiger partial charge in [0.25, 0.3) is 11.5 Å². The second kappa shape index (κ2) is 7.31. The molecule has 0 radical (unpaired) electrons. The molecule has 1 aromatic carbocycles. The van der Waals surface area contributed by atoms with E-state index in [-0.39, 0.29) is 5.78 Å². The van der Waals surface area contributed by atoms with E-state index in [4.69, 9.17) is 0 Å². The highest BCUT2D eigenvalue weighted by Gasteiger charge is 2.25. The van der Waals surface area contributed by atoms with Crippen molar-refractivity contribution in [1.82, 2.24) is 0 Å². The zero-order valence-electron chi connectivity index (χ0n) is 11.4. The van der Waals surface area contributed by atoms with Crippen LogP contribution in [-0.2, 0) is 0 Å². The lowest BCUT2D eigenvalue weighted by atomic mass is 10.1. The number of Topliss-reactive ketones (excluding diaryl/α,β-unsaturated/α-hetero) is 1. The Balaban J connectivity index is 2.54. The third-order valence-electron chi connectivity index (χ3n) is 2.79. The molecule has 0 bridgehead atoms. The number of ketones is 1. The first-order chi connectivity index (χ1) is 9.77. The predicted molar refractivity (Wildman–Crippen MR) is 87.7 cm³/mol. The molecule has 2 aromatic rings. The number of nitrogens with zero attached hydrogens (tertiary/aromatic N) is 1. The number of aromatic nitrogens is 1. The minimum atomic E-state index is 0.0421. The first kappa shape index (κ1) is 14.9. The van der Waals surface area contributed by atoms with E-state index >= 15 is 0 Å². The lowest BCUT2D eigenvalue weighted by Gasteiger charge is -2.06. The molecule has 0 saturated heterocycles. The summed E-state index contributed by atoms with van der Waals surface area (Å²) in [6, 6.07) is 15.2. The van der Waals surface area contributed by atoms with Crippen LogP contribution in [0.4, 0.5) is 0 Å². The van der Waals surface area contributed by atoms with Crippen molar-refractivity contribution in [3.63, 3.8) is 0 Å². The third kappa shape index (κ3) is 3.32. The Labute approximate surface area is 127 Å². The van der Waals surface area contributed by atoms with E-state index in [0.717, 1.165) is 4.24 Å². The molecule has 0 aliphatic rings. The van der Waals surface area contributed by atoms with Crippen molar-refractivity contribution >= 4 is 35.0 Å². The quantitative estimate of drug-likeness (QED) is 0.477. The van der Waals surface area contributed by atoms with Gasteiger partial charge in [0, 0.05) is 17.7 Å². The molecule has 0 atom stereocenters. The van der Waals surface area contributed by atoms with Crippen LogP contribution >= 0.6 is 23.5 Å². The second-order valence-corrected chi connectivity index (χ2v) is 5.91. The number of rotatable bonds is 5. The fraction of sp³-hybridized carbons (Fsp3) is 0.125. The zero-order chi connectivity index (χ0) is 14.4. The van der Waals surface area contributed by atoms with Gasteiger partial charge in [0.05, 0.1) is 0 Å². The summed E-state index contributed by atoms with van der Waals surface area (Å²) in [5.74, 6) is 0.0421. The van der Waals surface area contributed by atoms with Crippen LogP contribution in [0, 0.1) is 0 Å². The summed E-state index contributed by atoms with van der Waals surface area (Å²) in [5.41, 5.74) is 1.41. The lowest BCUT2D eigenvalue weighted by Crippen LogP contribution is -2.36. The number of allylic oxidation sites excluding steroid dienone is 1. The Morgan fingerprint density at radius 3 is 2.00 bits per heavy atom. The van der Waals surface area contributed by atoms with E-state index in [1.807, 2.05) is 78.0 Å². The standard InChI is InChI=1S/C16H16NOS2/c1-19-16(20-2)14(17-11-7-4-8-12-17)15(18)13-9-5-3-6-10-13/h3-12H,1-2H3/q+1. The largest absolute Gasteiger partial charge is 0.282 e. The summed E-state index contributed by atoms with van der Waals surface area (Å²) in [6.45, 7) is 0. The molecule has 4 heteroatoms. The molecular formula is C16H16NOS2+. The number of carbonyl (C=O) groups is 1. The first-order valence-corrected chi connectivity index (χ1v) is 8.61. The van der Waals surface area contributed by atoms with Gasteiger partial charge in [-0.15, -0.1) is 23.5 Å². The van der Waals surface area contributed by atoms with Crippen molar-refractivity contribution < 1.29 is 9.36 Å². The van der Waals surface area contributed by atoms with Gasteiger partial charge in [0.1, 0.15) is 4.24 Å². The Kier molecular flexibility index (Phi) is 5.44. The average molecular weight is 302 g/mol. The van der Waals surface area contributed by atoms with Gasteiger partial charge in [0.15, 0.2) is 12.4 Å². The van der Waals surface area contributed by atoms with Crippen molar-refractivity contribution in [2.24, 2.45) is 0 Å². The van der Waals surface area contributed by atoms with Crippen LogP contribution in [0.3, 0.4) is 0 Å². The first-order valence-electron chi connectivity index (χ1n) is 6.16. The Morgan fingerprint density at radius 1 is 0.900 bits per heavy atom. The minimum Gasteiger partial charge on any atom is -0.282 e. The smallest absolute Gasteiger partial charge is 0.279 e. The number of carbonyl (C=O) groups excluding carboxylic acids is 1. The maximum atomic E-state index is 12.8. The molecule has 1 heterocycles. The summed E-state index contributed by atoms with van der Waals surface area (Å²) >= 11 is 3.19. The van der Waals surface area contributed by atoms with Crippen molar-refractivity contribution in [1.29, 1.82) is 0 Å². The van der Waals surface area contributed by atoms with Gasteiger partial charge in [-0.3, -0.25) is 4.79 Å². The number of hydrogen-bond donors (Lipinski definition) is 0. The van der Waals surface area contributed by atoms with Crippen molar-refractivity contribution in [2.75, 3.05) is 12.5 Å². The van der Waals surface area contributed by atoms with Crippen LogP contribution in [0.15, 0.2) is 65.2 Å². The fourth-order valence-electron chi connectivity index (χ4n) is 1.87. The molecule has 2 rings (SSSR count). The van der Waals surface area contributed by atoms with Crippen LogP contribution in [0.1, 0.15) is 10.4 Å². The number of hydrogen-bond acceptors (Lipinski definition) is 3. The van der Waals surface area contributed by atoms with Gasteiger partial charge in [-0.05, 0) is 12.5 Å². The topological polar surface area (TPSA) is 20.9 Å². The predicted octanol–water partition coefficient (Wildman–Crippen LogP) is 3.71. The summed E-state index contributed by atoms with van der Waals surface area (Å²) in [5, 5.41) is 0. The van der Waals surface area contributed by atoms with Crippen LogP contribution in [0.2, 0.25) is 0 Å². The van der Waals surface area contributed by atoms with Gasteiger partial charge in [-0.25, -0.2) is 0 Å². The maximum absolute atomic E-state index is 12.8. The van der Waals surface area contributed by atoms with E-state index in [2.05, 4.69) is 0 Å². The SMILES string of the molecule is CSC(SC)=C(C(=O)c1ccccc1)[n+]1ccccc1. The second-order valence-electron chi connectivity index (χ2n) is 4.02. The normalized spacial score (nSPS) is 10.1. The van der Waals surface area contributed by atoms with E-state index in [9.17, 15) is 4.79 Å². The molecule has 20 heavy (non-hydrogen) atoms. The van der Waals surface area contributed by atoms with E-state index < -0.39 is 0 Å². The molecule has 0 fully saturated rings. The lowest BCUT2D eigenvalue weighted by molar-refractivity contribution is -0.576. The molecule has 0 aliphatic carbocycles. The molecular weight excluding hydrogens is 286 g/mol. The van der Waals surface area contributed by atoms with Crippen molar-refractivity contribution in [2.45, 2.75) is 0 Å². The van der Waals surface area contributed by atoms with E-state index in [1.165, 1.54) is 0 Å². The Morgan fingerprint density at radius 2 is 1.45 bits per heavy atom. The molecule has 0 N–H and O–H groups in total. The van der Waals surface area contributed by atoms with Crippen molar-refractivity contribution in [3.8, 4) is 0 Å². The zero-order valence-corrected chi connectivity index (χ0v) is 13.1. The van der Waals surface area contributed by atoms with Gasteiger partial charge in [-0.1, -0.05) is 36.4 Å². The summed E-state index contributed by atoms with van der Waals surface area (Å²) in [6.07, 6.45) is 7.80. The monoisotopic (exact) mass is 302 g/mol.